The Bertz CT molecular complexity index is 197. The van der Waals surface area contributed by atoms with E-state index < -0.39 is 0 Å². The number of hydrogen-bond donors (Lipinski definition) is 0. The third-order valence-electron chi connectivity index (χ3n) is 3.66. The first-order valence-corrected chi connectivity index (χ1v) is 5.24. The first-order chi connectivity index (χ1) is 6.14. The van der Waals surface area contributed by atoms with Gasteiger partial charge in [0.2, 0.25) is 0 Å². The highest BCUT2D eigenvalue weighted by atomic mass is 15.1. The van der Waals surface area contributed by atoms with Gasteiger partial charge in [-0.15, -0.1) is 0 Å². The van der Waals surface area contributed by atoms with Gasteiger partial charge in [0, 0.05) is 0 Å². The summed E-state index contributed by atoms with van der Waals surface area (Å²) in [6.45, 7) is 6.56. The highest BCUT2D eigenvalue weighted by molar-refractivity contribution is 5.04. The van der Waals surface area contributed by atoms with E-state index in [4.69, 9.17) is 0 Å². The Kier molecular flexibility index (Phi) is 3.33. The first-order valence-electron chi connectivity index (χ1n) is 5.24. The third-order valence-corrected chi connectivity index (χ3v) is 3.66. The van der Waals surface area contributed by atoms with E-state index in [0.29, 0.717) is 5.92 Å². The Morgan fingerprint density at radius 1 is 1.46 bits per heavy atom. The molecule has 74 valence electrons. The molecule has 0 aliphatic carbocycles. The minimum absolute atomic E-state index is 0.0265. The van der Waals surface area contributed by atoms with Crippen molar-refractivity contribution in [3.63, 3.8) is 0 Å². The second kappa shape index (κ2) is 4.11. The predicted octanol–water partition coefficient (Wildman–Crippen LogP) is 2.27. The average Bonchev–Trinajstić information content (AvgIpc) is 2.18. The largest absolute Gasteiger partial charge is 0.306 e. The number of hydrogen-bond acceptors (Lipinski definition) is 2. The lowest BCUT2D eigenvalue weighted by Crippen LogP contribution is -2.40. The van der Waals surface area contributed by atoms with Gasteiger partial charge in [-0.3, -0.25) is 0 Å². The lowest BCUT2D eigenvalue weighted by atomic mass is 9.69. The van der Waals surface area contributed by atoms with Crippen molar-refractivity contribution in [1.29, 1.82) is 5.26 Å². The summed E-state index contributed by atoms with van der Waals surface area (Å²) in [5, 5.41) is 9.26. The number of nitrogens with zero attached hydrogens (tertiary/aromatic N) is 2. The Hall–Kier alpha value is -0.550. The fourth-order valence-electron chi connectivity index (χ4n) is 2.12. The van der Waals surface area contributed by atoms with Crippen LogP contribution in [0, 0.1) is 22.7 Å². The van der Waals surface area contributed by atoms with Crippen LogP contribution in [0.3, 0.4) is 0 Å². The van der Waals surface area contributed by atoms with Crippen LogP contribution in [0.4, 0.5) is 0 Å². The molecule has 0 amide bonds. The van der Waals surface area contributed by atoms with Crippen LogP contribution in [0.25, 0.3) is 0 Å². The molecule has 0 spiro atoms. The van der Waals surface area contributed by atoms with Crippen molar-refractivity contribution in [2.75, 3.05) is 20.1 Å². The summed E-state index contributed by atoms with van der Waals surface area (Å²) in [4.78, 5) is 2.32. The van der Waals surface area contributed by atoms with Gasteiger partial charge in [0.15, 0.2) is 0 Å². The molecular weight excluding hydrogens is 160 g/mol. The van der Waals surface area contributed by atoms with E-state index in [-0.39, 0.29) is 5.41 Å². The second-order valence-corrected chi connectivity index (χ2v) is 4.38. The molecule has 1 unspecified atom stereocenters. The minimum Gasteiger partial charge on any atom is -0.306 e. The Balaban J connectivity index is 2.67. The summed E-state index contributed by atoms with van der Waals surface area (Å²) >= 11 is 0. The van der Waals surface area contributed by atoms with E-state index in [9.17, 15) is 5.26 Å². The molecule has 1 aliphatic rings. The zero-order chi connectivity index (χ0) is 9.90. The van der Waals surface area contributed by atoms with E-state index in [0.717, 1.165) is 32.4 Å². The van der Waals surface area contributed by atoms with Crippen LogP contribution in [-0.2, 0) is 0 Å². The number of likely N-dealkylation sites (tertiary alicyclic amines) is 1. The van der Waals surface area contributed by atoms with E-state index >= 15 is 0 Å². The van der Waals surface area contributed by atoms with Crippen molar-refractivity contribution < 1.29 is 0 Å². The molecule has 0 aromatic heterocycles. The lowest BCUT2D eigenvalue weighted by Gasteiger charge is -2.39. The van der Waals surface area contributed by atoms with Crippen molar-refractivity contribution >= 4 is 0 Å². The van der Waals surface area contributed by atoms with Gasteiger partial charge in [-0.05, 0) is 38.9 Å². The molecule has 0 radical (unpaired) electrons. The predicted molar refractivity (Wildman–Crippen MR) is 54.2 cm³/mol. The summed E-state index contributed by atoms with van der Waals surface area (Å²) in [7, 11) is 2.14. The third kappa shape index (κ3) is 2.03. The summed E-state index contributed by atoms with van der Waals surface area (Å²) in [6, 6.07) is 2.56. The quantitative estimate of drug-likeness (QED) is 0.652. The van der Waals surface area contributed by atoms with Gasteiger partial charge < -0.3 is 4.90 Å². The molecule has 1 aliphatic heterocycles. The Morgan fingerprint density at radius 3 is 2.38 bits per heavy atom. The van der Waals surface area contributed by atoms with Crippen molar-refractivity contribution in [1.82, 2.24) is 4.90 Å². The van der Waals surface area contributed by atoms with Crippen LogP contribution >= 0.6 is 0 Å². The number of piperidine rings is 1. The van der Waals surface area contributed by atoms with Crippen LogP contribution < -0.4 is 0 Å². The van der Waals surface area contributed by atoms with E-state index in [1.165, 1.54) is 0 Å². The van der Waals surface area contributed by atoms with Gasteiger partial charge in [0.25, 0.3) is 0 Å². The molecule has 1 saturated heterocycles. The first kappa shape index (κ1) is 10.5. The zero-order valence-electron chi connectivity index (χ0n) is 9.01. The van der Waals surface area contributed by atoms with Gasteiger partial charge in [-0.1, -0.05) is 20.3 Å². The summed E-state index contributed by atoms with van der Waals surface area (Å²) in [6.07, 6.45) is 3.22. The summed E-state index contributed by atoms with van der Waals surface area (Å²) < 4.78 is 0. The SMILES string of the molecule is CCC(C)C1(C#N)CCN(C)CC1. The Labute approximate surface area is 81.5 Å². The monoisotopic (exact) mass is 180 g/mol. The highest BCUT2D eigenvalue weighted by Gasteiger charge is 2.37. The molecule has 1 heterocycles. The molecule has 2 heteroatoms. The maximum atomic E-state index is 9.26. The molecule has 1 fully saturated rings. The number of nitriles is 1. The van der Waals surface area contributed by atoms with Crippen LogP contribution in [0.2, 0.25) is 0 Å². The molecule has 0 aromatic rings. The van der Waals surface area contributed by atoms with Crippen LogP contribution in [0.1, 0.15) is 33.1 Å². The van der Waals surface area contributed by atoms with Crippen molar-refractivity contribution in [2.24, 2.45) is 11.3 Å². The van der Waals surface area contributed by atoms with Gasteiger partial charge in [-0.25, -0.2) is 0 Å². The van der Waals surface area contributed by atoms with E-state index in [1.54, 1.807) is 0 Å². The molecule has 2 nitrogen and oxygen atoms in total. The molecule has 1 rings (SSSR count). The molecule has 1 atom stereocenters. The van der Waals surface area contributed by atoms with Gasteiger partial charge in [0.1, 0.15) is 0 Å². The maximum Gasteiger partial charge on any atom is 0.0693 e. The van der Waals surface area contributed by atoms with Crippen molar-refractivity contribution in [3.8, 4) is 6.07 Å². The molecule has 13 heavy (non-hydrogen) atoms. The smallest absolute Gasteiger partial charge is 0.0693 e. The summed E-state index contributed by atoms with van der Waals surface area (Å²) in [5.41, 5.74) is -0.0265. The highest BCUT2D eigenvalue weighted by Crippen LogP contribution is 2.39. The van der Waals surface area contributed by atoms with Crippen molar-refractivity contribution in [2.45, 2.75) is 33.1 Å². The molecule has 0 N–H and O–H groups in total. The second-order valence-electron chi connectivity index (χ2n) is 4.38. The maximum absolute atomic E-state index is 9.26. The van der Waals surface area contributed by atoms with Crippen LogP contribution in [0.15, 0.2) is 0 Å². The van der Waals surface area contributed by atoms with E-state index in [2.05, 4.69) is 31.9 Å². The van der Waals surface area contributed by atoms with Crippen LogP contribution in [-0.4, -0.2) is 25.0 Å². The average molecular weight is 180 g/mol. The minimum atomic E-state index is -0.0265. The van der Waals surface area contributed by atoms with Gasteiger partial charge in [0.05, 0.1) is 11.5 Å². The molecule has 0 saturated carbocycles. The van der Waals surface area contributed by atoms with Crippen LogP contribution in [0.5, 0.6) is 0 Å². The fourth-order valence-corrected chi connectivity index (χ4v) is 2.12. The summed E-state index contributed by atoms with van der Waals surface area (Å²) in [5.74, 6) is 0.547. The normalized spacial score (nSPS) is 25.1. The standard InChI is InChI=1S/C11H20N2/c1-4-10(2)11(9-12)5-7-13(3)8-6-11/h10H,4-8H2,1-3H3. The van der Waals surface area contributed by atoms with Gasteiger partial charge in [-0.2, -0.15) is 5.26 Å². The fraction of sp³-hybridized carbons (Fsp3) is 0.909. The Morgan fingerprint density at radius 2 is 2.00 bits per heavy atom. The molecule has 0 aromatic carbocycles. The van der Waals surface area contributed by atoms with E-state index in [1.807, 2.05) is 0 Å². The molecular formula is C11H20N2. The zero-order valence-corrected chi connectivity index (χ0v) is 9.01. The van der Waals surface area contributed by atoms with Crippen molar-refractivity contribution in [3.05, 3.63) is 0 Å². The lowest BCUT2D eigenvalue weighted by molar-refractivity contribution is 0.117. The van der Waals surface area contributed by atoms with Gasteiger partial charge >= 0.3 is 0 Å². The molecule has 0 bridgehead atoms. The topological polar surface area (TPSA) is 27.0 Å². The number of rotatable bonds is 2.